The Balaban J connectivity index is 2.16. The molecule has 0 saturated heterocycles. The molecule has 0 radical (unpaired) electrons. The molecule has 2 aromatic rings. The average Bonchev–Trinajstić information content (AvgIpc) is 2.87. The Labute approximate surface area is 139 Å². The second-order valence-electron chi connectivity index (χ2n) is 7.37. The molecule has 0 N–H and O–H groups in total. The van der Waals surface area contributed by atoms with Crippen LogP contribution in [0.1, 0.15) is 43.6 Å². The summed E-state index contributed by atoms with van der Waals surface area (Å²) in [5.41, 5.74) is 2.68. The Kier molecular flexibility index (Phi) is 5.01. The Morgan fingerprint density at radius 2 is 1.96 bits per heavy atom. The van der Waals surface area contributed by atoms with Crippen molar-refractivity contribution >= 4 is 19.8 Å². The van der Waals surface area contributed by atoms with Crippen LogP contribution in [0.2, 0.25) is 18.1 Å². The van der Waals surface area contributed by atoms with E-state index in [9.17, 15) is 4.79 Å². The van der Waals surface area contributed by atoms with Crippen LogP contribution in [0.5, 0.6) is 0 Å². The molecule has 2 heterocycles. The maximum absolute atomic E-state index is 11.8. The van der Waals surface area contributed by atoms with Crippen molar-refractivity contribution in [3.63, 3.8) is 0 Å². The smallest absolute Gasteiger partial charge is 0.339 e. The summed E-state index contributed by atoms with van der Waals surface area (Å²) in [4.78, 5) is 11.8. The molecule has 0 aromatic carbocycles. The summed E-state index contributed by atoms with van der Waals surface area (Å²) < 4.78 is 13.2. The molecule has 0 unspecified atom stereocenters. The van der Waals surface area contributed by atoms with Crippen molar-refractivity contribution in [2.75, 3.05) is 6.61 Å². The van der Waals surface area contributed by atoms with Gasteiger partial charge in [0.2, 0.25) is 0 Å². The molecule has 126 valence electrons. The van der Waals surface area contributed by atoms with E-state index in [2.05, 4.69) is 39.9 Å². The first-order chi connectivity index (χ1) is 10.6. The Bertz CT molecular complexity index is 698. The molecule has 5 heteroatoms. The van der Waals surface area contributed by atoms with Crippen LogP contribution in [0, 0.1) is 0 Å². The number of hydrogen-bond acceptors (Lipinski definition) is 3. The van der Waals surface area contributed by atoms with E-state index in [1.54, 1.807) is 6.20 Å². The fourth-order valence-electron chi connectivity index (χ4n) is 2.05. The van der Waals surface area contributed by atoms with Gasteiger partial charge in [-0.05, 0) is 48.8 Å². The number of aromatic nitrogens is 1. The number of nitrogens with zero attached hydrogens (tertiary/aromatic N) is 1. The topological polar surface area (TPSA) is 39.9 Å². The Hall–Kier alpha value is -1.59. The second-order valence-corrected chi connectivity index (χ2v) is 12.2. The number of pyridine rings is 1. The van der Waals surface area contributed by atoms with Crippen molar-refractivity contribution in [2.45, 2.75) is 52.4 Å². The maximum atomic E-state index is 11.8. The van der Waals surface area contributed by atoms with Crippen LogP contribution in [0.25, 0.3) is 5.52 Å². The molecule has 0 fully saturated rings. The van der Waals surface area contributed by atoms with E-state index in [-0.39, 0.29) is 11.0 Å². The van der Waals surface area contributed by atoms with Crippen molar-refractivity contribution in [2.24, 2.45) is 0 Å². The summed E-state index contributed by atoms with van der Waals surface area (Å²) in [6.45, 7) is 14.0. The molecule has 0 aliphatic rings. The number of ether oxygens (including phenoxy) is 1. The van der Waals surface area contributed by atoms with Crippen LogP contribution in [0.3, 0.4) is 0 Å². The van der Waals surface area contributed by atoms with Crippen LogP contribution in [0.4, 0.5) is 0 Å². The van der Waals surface area contributed by atoms with Gasteiger partial charge in [0.05, 0.1) is 18.8 Å². The SMILES string of the molecule is CCOC(=O)c1cc2cc(CO[Si](C)(C)C(C)(C)C)ccn2c1. The molecule has 0 aliphatic heterocycles. The fraction of sp³-hybridized carbons (Fsp3) is 0.500. The number of hydrogen-bond donors (Lipinski definition) is 0. The van der Waals surface area contributed by atoms with Gasteiger partial charge in [0.25, 0.3) is 0 Å². The maximum Gasteiger partial charge on any atom is 0.339 e. The van der Waals surface area contributed by atoms with Gasteiger partial charge in [0.15, 0.2) is 8.32 Å². The number of carbonyl (C=O) groups excluding carboxylic acids is 1. The lowest BCUT2D eigenvalue weighted by atomic mass is 10.2. The molecular formula is C18H27NO3Si. The third-order valence-electron chi connectivity index (χ3n) is 4.58. The van der Waals surface area contributed by atoms with E-state index >= 15 is 0 Å². The molecule has 0 aliphatic carbocycles. The number of rotatable bonds is 5. The largest absolute Gasteiger partial charge is 0.462 e. The van der Waals surface area contributed by atoms with Crippen molar-refractivity contribution in [3.05, 3.63) is 41.7 Å². The molecule has 0 atom stereocenters. The van der Waals surface area contributed by atoms with Crippen molar-refractivity contribution < 1.29 is 14.0 Å². The van der Waals surface area contributed by atoms with Gasteiger partial charge in [-0.3, -0.25) is 0 Å². The quantitative estimate of drug-likeness (QED) is 0.591. The van der Waals surface area contributed by atoms with Crippen LogP contribution < -0.4 is 0 Å². The monoisotopic (exact) mass is 333 g/mol. The molecule has 4 nitrogen and oxygen atoms in total. The lowest BCUT2D eigenvalue weighted by Crippen LogP contribution is -2.40. The minimum Gasteiger partial charge on any atom is -0.462 e. The van der Waals surface area contributed by atoms with Gasteiger partial charge in [0, 0.05) is 17.9 Å². The van der Waals surface area contributed by atoms with E-state index in [4.69, 9.17) is 9.16 Å². The highest BCUT2D eigenvalue weighted by molar-refractivity contribution is 6.74. The van der Waals surface area contributed by atoms with Gasteiger partial charge in [-0.15, -0.1) is 0 Å². The summed E-state index contributed by atoms with van der Waals surface area (Å²) in [7, 11) is -1.76. The minimum absolute atomic E-state index is 0.198. The van der Waals surface area contributed by atoms with Crippen LogP contribution in [-0.4, -0.2) is 25.3 Å². The van der Waals surface area contributed by atoms with Gasteiger partial charge in [-0.25, -0.2) is 4.79 Å². The van der Waals surface area contributed by atoms with Crippen LogP contribution in [0.15, 0.2) is 30.6 Å². The van der Waals surface area contributed by atoms with Crippen molar-refractivity contribution in [3.8, 4) is 0 Å². The number of carbonyl (C=O) groups is 1. The Morgan fingerprint density at radius 3 is 2.57 bits per heavy atom. The molecule has 0 bridgehead atoms. The summed E-state index contributed by atoms with van der Waals surface area (Å²) in [6, 6.07) is 5.96. The summed E-state index contributed by atoms with van der Waals surface area (Å²) in [6.07, 6.45) is 3.76. The molecule has 2 rings (SSSR count). The van der Waals surface area contributed by atoms with Crippen molar-refractivity contribution in [1.29, 1.82) is 0 Å². The van der Waals surface area contributed by atoms with E-state index in [0.29, 0.717) is 18.8 Å². The van der Waals surface area contributed by atoms with E-state index in [1.807, 2.05) is 29.7 Å². The lowest BCUT2D eigenvalue weighted by Gasteiger charge is -2.36. The van der Waals surface area contributed by atoms with Gasteiger partial charge < -0.3 is 13.6 Å². The molecule has 0 saturated carbocycles. The third kappa shape index (κ3) is 4.03. The average molecular weight is 334 g/mol. The second kappa shape index (κ2) is 6.49. The van der Waals surface area contributed by atoms with Crippen molar-refractivity contribution in [1.82, 2.24) is 4.40 Å². The molecular weight excluding hydrogens is 306 g/mol. The first-order valence-electron chi connectivity index (χ1n) is 8.06. The minimum atomic E-state index is -1.76. The van der Waals surface area contributed by atoms with E-state index in [0.717, 1.165) is 11.1 Å². The van der Waals surface area contributed by atoms with E-state index < -0.39 is 8.32 Å². The predicted octanol–water partition coefficient (Wildman–Crippen LogP) is 4.64. The first-order valence-corrected chi connectivity index (χ1v) is 11.0. The zero-order valence-corrected chi connectivity index (χ0v) is 16.0. The van der Waals surface area contributed by atoms with Gasteiger partial charge in [0.1, 0.15) is 0 Å². The summed E-state index contributed by atoms with van der Waals surface area (Å²) >= 11 is 0. The zero-order chi connectivity index (χ0) is 17.3. The highest BCUT2D eigenvalue weighted by Crippen LogP contribution is 2.37. The number of esters is 1. The molecule has 0 amide bonds. The van der Waals surface area contributed by atoms with Gasteiger partial charge >= 0.3 is 5.97 Å². The first kappa shape index (κ1) is 17.8. The predicted molar refractivity (Wildman–Crippen MR) is 95.3 cm³/mol. The highest BCUT2D eigenvalue weighted by Gasteiger charge is 2.37. The Morgan fingerprint density at radius 1 is 1.26 bits per heavy atom. The lowest BCUT2D eigenvalue weighted by molar-refractivity contribution is 0.0526. The van der Waals surface area contributed by atoms with E-state index in [1.165, 1.54) is 0 Å². The highest BCUT2D eigenvalue weighted by atomic mass is 28.4. The fourth-order valence-corrected chi connectivity index (χ4v) is 3.01. The standard InChI is InChI=1S/C18H27NO3Si/c1-7-21-17(20)15-11-16-10-14(8-9-19(16)12-15)13-22-23(5,6)18(2,3)4/h8-12H,7,13H2,1-6H3. The third-order valence-corrected chi connectivity index (χ3v) is 9.06. The normalized spacial score (nSPS) is 12.6. The summed E-state index contributed by atoms with van der Waals surface area (Å²) in [5.74, 6) is -0.282. The molecule has 23 heavy (non-hydrogen) atoms. The molecule has 2 aromatic heterocycles. The summed E-state index contributed by atoms with van der Waals surface area (Å²) in [5, 5.41) is 0.198. The molecule has 0 spiro atoms. The number of fused-ring (bicyclic) bond motifs is 1. The van der Waals surface area contributed by atoms with Crippen LogP contribution >= 0.6 is 0 Å². The van der Waals surface area contributed by atoms with Gasteiger partial charge in [-0.1, -0.05) is 20.8 Å². The van der Waals surface area contributed by atoms with Crippen LogP contribution in [-0.2, 0) is 15.8 Å². The zero-order valence-electron chi connectivity index (χ0n) is 15.0. The van der Waals surface area contributed by atoms with Gasteiger partial charge in [-0.2, -0.15) is 0 Å².